The first kappa shape index (κ1) is 10.9. The van der Waals surface area contributed by atoms with Gasteiger partial charge in [-0.3, -0.25) is 0 Å². The molecule has 2 aliphatic rings. The molecule has 0 aromatic rings. The van der Waals surface area contributed by atoms with Crippen molar-refractivity contribution in [2.24, 2.45) is 11.8 Å². The zero-order valence-corrected chi connectivity index (χ0v) is 10.6. The maximum atomic E-state index is 3.60. The smallest absolute Gasteiger partial charge is 0.00606 e. The van der Waals surface area contributed by atoms with Gasteiger partial charge in [-0.25, -0.2) is 0 Å². The van der Waals surface area contributed by atoms with Crippen LogP contribution in [0.1, 0.15) is 38.5 Å². The lowest BCUT2D eigenvalue weighted by molar-refractivity contribution is 0.169. The second kappa shape index (κ2) is 5.50. The summed E-state index contributed by atoms with van der Waals surface area (Å²) in [5, 5.41) is 1.21. The lowest BCUT2D eigenvalue weighted by Crippen LogP contribution is -2.37. The highest BCUT2D eigenvalue weighted by Crippen LogP contribution is 2.27. The van der Waals surface area contributed by atoms with Crippen molar-refractivity contribution in [2.45, 2.75) is 38.5 Å². The van der Waals surface area contributed by atoms with Crippen molar-refractivity contribution < 1.29 is 0 Å². The molecule has 0 unspecified atom stereocenters. The van der Waals surface area contributed by atoms with Gasteiger partial charge < -0.3 is 4.90 Å². The predicted octanol–water partition coefficient (Wildman–Crippen LogP) is 3.28. The summed E-state index contributed by atoms with van der Waals surface area (Å²) in [5.74, 6) is 1.99. The lowest BCUT2D eigenvalue weighted by Gasteiger charge is -2.32. The third-order valence-corrected chi connectivity index (χ3v) is 4.83. The Labute approximate surface area is 96.4 Å². The molecule has 0 radical (unpaired) electrons. The van der Waals surface area contributed by atoms with Gasteiger partial charge in [-0.2, -0.15) is 0 Å². The van der Waals surface area contributed by atoms with Gasteiger partial charge in [0.1, 0.15) is 0 Å². The fourth-order valence-electron chi connectivity index (χ4n) is 2.88. The molecule has 1 saturated carbocycles. The van der Waals surface area contributed by atoms with Gasteiger partial charge in [-0.1, -0.05) is 28.8 Å². The predicted molar refractivity (Wildman–Crippen MR) is 64.9 cm³/mol. The maximum absolute atomic E-state index is 3.60. The molecule has 2 heteroatoms. The Balaban J connectivity index is 1.67. The molecule has 0 spiro atoms. The molecule has 0 bridgehead atoms. The molecule has 1 heterocycles. The third kappa shape index (κ3) is 2.96. The van der Waals surface area contributed by atoms with Crippen molar-refractivity contribution in [3.63, 3.8) is 0 Å². The standard InChI is InChI=1S/C12H22BrN/c13-9-11-5-7-14(8-6-11)10-12-3-1-2-4-12/h11-12H,1-10H2. The molecule has 82 valence electrons. The summed E-state index contributed by atoms with van der Waals surface area (Å²) in [4.78, 5) is 2.70. The summed E-state index contributed by atoms with van der Waals surface area (Å²) >= 11 is 3.60. The minimum absolute atomic E-state index is 0.954. The van der Waals surface area contributed by atoms with Gasteiger partial charge in [0.25, 0.3) is 0 Å². The first-order chi connectivity index (χ1) is 6.88. The lowest BCUT2D eigenvalue weighted by atomic mass is 9.97. The van der Waals surface area contributed by atoms with Crippen LogP contribution in [0.5, 0.6) is 0 Å². The Morgan fingerprint density at radius 3 is 2.14 bits per heavy atom. The van der Waals surface area contributed by atoms with Crippen LogP contribution in [0, 0.1) is 11.8 Å². The molecule has 0 amide bonds. The fourth-order valence-corrected chi connectivity index (χ4v) is 3.53. The van der Waals surface area contributed by atoms with E-state index in [-0.39, 0.29) is 0 Å². The van der Waals surface area contributed by atoms with E-state index in [1.54, 1.807) is 0 Å². The summed E-state index contributed by atoms with van der Waals surface area (Å²) in [7, 11) is 0. The summed E-state index contributed by atoms with van der Waals surface area (Å²) in [5.41, 5.74) is 0. The number of hydrogen-bond donors (Lipinski definition) is 0. The van der Waals surface area contributed by atoms with E-state index >= 15 is 0 Å². The molecule has 1 aliphatic heterocycles. The average Bonchev–Trinajstić information content (AvgIpc) is 2.72. The number of nitrogens with zero attached hydrogens (tertiary/aromatic N) is 1. The van der Waals surface area contributed by atoms with Crippen LogP contribution in [-0.2, 0) is 0 Å². The zero-order chi connectivity index (χ0) is 9.80. The van der Waals surface area contributed by atoms with Gasteiger partial charge in [0.15, 0.2) is 0 Å². The quantitative estimate of drug-likeness (QED) is 0.704. The Morgan fingerprint density at radius 1 is 0.929 bits per heavy atom. The van der Waals surface area contributed by atoms with Gasteiger partial charge in [0.05, 0.1) is 0 Å². The Bertz CT molecular complexity index is 158. The highest BCUT2D eigenvalue weighted by molar-refractivity contribution is 9.09. The highest BCUT2D eigenvalue weighted by Gasteiger charge is 2.22. The summed E-state index contributed by atoms with van der Waals surface area (Å²) in [6, 6.07) is 0. The number of rotatable bonds is 3. The molecule has 1 nitrogen and oxygen atoms in total. The number of hydrogen-bond acceptors (Lipinski definition) is 1. The van der Waals surface area contributed by atoms with Crippen molar-refractivity contribution in [2.75, 3.05) is 25.0 Å². The minimum atomic E-state index is 0.954. The largest absolute Gasteiger partial charge is 0.303 e. The second-order valence-corrected chi connectivity index (χ2v) is 5.70. The van der Waals surface area contributed by atoms with Crippen molar-refractivity contribution in [1.29, 1.82) is 0 Å². The van der Waals surface area contributed by atoms with E-state index in [9.17, 15) is 0 Å². The molecule has 0 N–H and O–H groups in total. The summed E-state index contributed by atoms with van der Waals surface area (Å²) in [6.07, 6.45) is 8.80. The monoisotopic (exact) mass is 259 g/mol. The number of halogens is 1. The van der Waals surface area contributed by atoms with Crippen molar-refractivity contribution >= 4 is 15.9 Å². The van der Waals surface area contributed by atoms with Crippen LogP contribution in [-0.4, -0.2) is 29.9 Å². The molecule has 1 saturated heterocycles. The van der Waals surface area contributed by atoms with Gasteiger partial charge in [-0.05, 0) is 50.6 Å². The normalized spacial score (nSPS) is 27.2. The van der Waals surface area contributed by atoms with E-state index in [1.165, 1.54) is 63.5 Å². The van der Waals surface area contributed by atoms with Crippen molar-refractivity contribution in [3.8, 4) is 0 Å². The molecular formula is C12H22BrN. The Hall–Kier alpha value is 0.440. The van der Waals surface area contributed by atoms with E-state index in [0.717, 1.165) is 11.8 Å². The van der Waals surface area contributed by atoms with Crippen molar-refractivity contribution in [3.05, 3.63) is 0 Å². The van der Waals surface area contributed by atoms with Crippen LogP contribution in [0.15, 0.2) is 0 Å². The summed E-state index contributed by atoms with van der Waals surface area (Å²) in [6.45, 7) is 4.11. The van der Waals surface area contributed by atoms with E-state index in [1.807, 2.05) is 0 Å². The SMILES string of the molecule is BrCC1CCN(CC2CCCC2)CC1. The van der Waals surface area contributed by atoms with Gasteiger partial charge in [0, 0.05) is 11.9 Å². The van der Waals surface area contributed by atoms with E-state index in [2.05, 4.69) is 20.8 Å². The molecule has 0 atom stereocenters. The van der Waals surface area contributed by atoms with Crippen LogP contribution in [0.3, 0.4) is 0 Å². The highest BCUT2D eigenvalue weighted by atomic mass is 79.9. The molecule has 2 fully saturated rings. The van der Waals surface area contributed by atoms with E-state index in [4.69, 9.17) is 0 Å². The molecule has 14 heavy (non-hydrogen) atoms. The van der Waals surface area contributed by atoms with Crippen LogP contribution in [0.2, 0.25) is 0 Å². The fraction of sp³-hybridized carbons (Fsp3) is 1.00. The van der Waals surface area contributed by atoms with Gasteiger partial charge in [-0.15, -0.1) is 0 Å². The van der Waals surface area contributed by atoms with Crippen LogP contribution in [0.4, 0.5) is 0 Å². The first-order valence-electron chi connectivity index (χ1n) is 6.17. The molecular weight excluding hydrogens is 238 g/mol. The third-order valence-electron chi connectivity index (χ3n) is 3.92. The Morgan fingerprint density at radius 2 is 1.57 bits per heavy atom. The van der Waals surface area contributed by atoms with E-state index < -0.39 is 0 Å². The Kier molecular flexibility index (Phi) is 4.30. The number of alkyl halides is 1. The number of likely N-dealkylation sites (tertiary alicyclic amines) is 1. The van der Waals surface area contributed by atoms with Gasteiger partial charge in [0.2, 0.25) is 0 Å². The minimum Gasteiger partial charge on any atom is -0.303 e. The van der Waals surface area contributed by atoms with Crippen LogP contribution >= 0.6 is 15.9 Å². The van der Waals surface area contributed by atoms with Crippen LogP contribution < -0.4 is 0 Å². The topological polar surface area (TPSA) is 3.24 Å². The molecule has 2 rings (SSSR count). The molecule has 0 aromatic carbocycles. The number of piperidine rings is 1. The zero-order valence-electron chi connectivity index (χ0n) is 9.05. The van der Waals surface area contributed by atoms with Crippen molar-refractivity contribution in [1.82, 2.24) is 4.90 Å². The van der Waals surface area contributed by atoms with E-state index in [0.29, 0.717) is 0 Å². The maximum Gasteiger partial charge on any atom is 0.00606 e. The van der Waals surface area contributed by atoms with Crippen LogP contribution in [0.25, 0.3) is 0 Å². The molecule has 0 aromatic heterocycles. The average molecular weight is 260 g/mol. The summed E-state index contributed by atoms with van der Waals surface area (Å²) < 4.78 is 0. The van der Waals surface area contributed by atoms with Gasteiger partial charge >= 0.3 is 0 Å². The second-order valence-electron chi connectivity index (χ2n) is 5.05. The first-order valence-corrected chi connectivity index (χ1v) is 7.29. The molecule has 1 aliphatic carbocycles.